The van der Waals surface area contributed by atoms with Gasteiger partial charge in [-0.05, 0) is 42.9 Å². The lowest BCUT2D eigenvalue weighted by Crippen LogP contribution is -2.25. The summed E-state index contributed by atoms with van der Waals surface area (Å²) in [5.41, 5.74) is 7.96. The van der Waals surface area contributed by atoms with Gasteiger partial charge < -0.3 is 13.9 Å². The minimum atomic E-state index is -4.14. The fourth-order valence-electron chi connectivity index (χ4n) is 2.02. The molecule has 0 saturated heterocycles. The van der Waals surface area contributed by atoms with E-state index in [4.69, 9.17) is 14.6 Å². The van der Waals surface area contributed by atoms with Crippen LogP contribution in [-0.2, 0) is 4.57 Å². The Kier molecular flexibility index (Phi) is 10.7. The van der Waals surface area contributed by atoms with Gasteiger partial charge in [-0.1, -0.05) is 55.4 Å². The van der Waals surface area contributed by atoms with Gasteiger partial charge in [-0.2, -0.15) is 0 Å². The quantitative estimate of drug-likeness (QED) is 0.283. The molecule has 0 aliphatic rings. The molecule has 0 aliphatic carbocycles. The van der Waals surface area contributed by atoms with Gasteiger partial charge in [0.1, 0.15) is 11.5 Å². The topological polar surface area (TPSA) is 108 Å². The van der Waals surface area contributed by atoms with Crippen molar-refractivity contribution >= 4 is 7.82 Å². The highest BCUT2D eigenvalue weighted by molar-refractivity contribution is 7.48. The molecule has 0 amide bonds. The number of para-hydroxylation sites is 2. The summed E-state index contributed by atoms with van der Waals surface area (Å²) in [6, 6.07) is 16.7. The van der Waals surface area contributed by atoms with Crippen molar-refractivity contribution < 1.29 is 18.5 Å². The van der Waals surface area contributed by atoms with Crippen LogP contribution in [0.5, 0.6) is 11.5 Å². The molecule has 0 atom stereocenters. The van der Waals surface area contributed by atoms with Crippen LogP contribution in [0.3, 0.4) is 0 Å². The molecule has 0 radical (unpaired) electrons. The number of phosphoric acid groups is 1. The van der Waals surface area contributed by atoms with Gasteiger partial charge in [-0.25, -0.2) is 4.57 Å². The molecule has 0 unspecified atom stereocenters. The van der Waals surface area contributed by atoms with Gasteiger partial charge in [0.2, 0.25) is 0 Å². The summed E-state index contributed by atoms with van der Waals surface area (Å²) in [5.74, 6) is 0.573. The lowest BCUT2D eigenvalue weighted by atomic mass is 10.3. The molecule has 0 spiro atoms. The van der Waals surface area contributed by atoms with E-state index in [0.717, 1.165) is 19.6 Å². The lowest BCUT2D eigenvalue weighted by molar-refractivity contribution is 0.291. The molecule has 27 heavy (non-hydrogen) atoms. The predicted octanol–water partition coefficient (Wildman–Crippen LogP) is 4.88. The first-order valence-corrected chi connectivity index (χ1v) is 10.1. The van der Waals surface area contributed by atoms with Crippen LogP contribution in [0.2, 0.25) is 0 Å². The van der Waals surface area contributed by atoms with E-state index in [-0.39, 0.29) is 11.5 Å². The summed E-state index contributed by atoms with van der Waals surface area (Å²) in [4.78, 5) is 14.4. The second kappa shape index (κ2) is 12.8. The van der Waals surface area contributed by atoms with Gasteiger partial charge in [0.15, 0.2) is 0 Å². The molecule has 0 bridgehead atoms. The Morgan fingerprint density at radius 3 is 1.81 bits per heavy atom. The Morgan fingerprint density at radius 2 is 1.44 bits per heavy atom. The van der Waals surface area contributed by atoms with E-state index < -0.39 is 7.82 Å². The van der Waals surface area contributed by atoms with Crippen molar-refractivity contribution in [3.05, 3.63) is 71.1 Å². The van der Waals surface area contributed by atoms with Crippen LogP contribution in [0, 0.1) is 0 Å². The minimum absolute atomic E-state index is 0.286. The molecule has 0 saturated carbocycles. The Labute approximate surface area is 159 Å². The molecule has 146 valence electrons. The third-order valence-corrected chi connectivity index (χ3v) is 4.28. The van der Waals surface area contributed by atoms with Crippen LogP contribution >= 0.6 is 7.82 Å². The Hall–Kier alpha value is -2.50. The van der Waals surface area contributed by atoms with Crippen molar-refractivity contribution in [2.75, 3.05) is 26.2 Å². The Morgan fingerprint density at radius 1 is 1.00 bits per heavy atom. The van der Waals surface area contributed by atoms with Gasteiger partial charge in [-0.3, -0.25) is 4.89 Å². The number of benzene rings is 2. The molecule has 2 aromatic rings. The fourth-order valence-corrected chi connectivity index (χ4v) is 2.83. The maximum Gasteiger partial charge on any atom is 0.584 e. The van der Waals surface area contributed by atoms with Gasteiger partial charge in [0.25, 0.3) is 0 Å². The van der Waals surface area contributed by atoms with Crippen LogP contribution in [0.1, 0.15) is 13.8 Å². The van der Waals surface area contributed by atoms with Gasteiger partial charge >= 0.3 is 7.82 Å². The smallest absolute Gasteiger partial charge is 0.395 e. The molecular formula is C18H25N4O4P. The highest BCUT2D eigenvalue weighted by Crippen LogP contribution is 2.44. The zero-order valence-corrected chi connectivity index (χ0v) is 16.4. The summed E-state index contributed by atoms with van der Waals surface area (Å²) in [6.07, 6.45) is 0. The van der Waals surface area contributed by atoms with Crippen molar-refractivity contribution in [3.8, 4) is 11.5 Å². The van der Waals surface area contributed by atoms with Crippen LogP contribution in [0.4, 0.5) is 0 Å². The molecule has 0 heterocycles. The Bertz CT molecular complexity index is 690. The van der Waals surface area contributed by atoms with Crippen LogP contribution in [-0.4, -0.2) is 36.0 Å². The van der Waals surface area contributed by atoms with Gasteiger partial charge in [0, 0.05) is 18.0 Å². The molecule has 2 rings (SSSR count). The summed E-state index contributed by atoms with van der Waals surface area (Å²) in [6.45, 7) is 7.70. The maximum atomic E-state index is 11.7. The zero-order valence-electron chi connectivity index (χ0n) is 15.5. The third kappa shape index (κ3) is 10.3. The minimum Gasteiger partial charge on any atom is -0.395 e. The van der Waals surface area contributed by atoms with E-state index in [1.54, 1.807) is 60.7 Å². The van der Waals surface area contributed by atoms with Crippen LogP contribution in [0.15, 0.2) is 65.8 Å². The predicted molar refractivity (Wildman–Crippen MR) is 106 cm³/mol. The van der Waals surface area contributed by atoms with Crippen molar-refractivity contribution in [3.63, 3.8) is 0 Å². The number of nitrogens with zero attached hydrogens (tertiary/aromatic N) is 4. The normalized spacial score (nSPS) is 10.4. The summed E-state index contributed by atoms with van der Waals surface area (Å²) < 4.78 is 21.5. The van der Waals surface area contributed by atoms with E-state index in [2.05, 4.69) is 28.8 Å². The first-order valence-electron chi connectivity index (χ1n) is 8.56. The number of hydrogen-bond donors (Lipinski definition) is 1. The summed E-state index contributed by atoms with van der Waals surface area (Å²) in [7, 11) is -4.14. The van der Waals surface area contributed by atoms with Crippen molar-refractivity contribution in [2.24, 2.45) is 5.11 Å². The SMILES string of the molecule is CCN(CC)CCN=[N+]=[N-].O=P(O)(Oc1ccccc1)Oc1ccccc1. The number of rotatable bonds is 9. The van der Waals surface area contributed by atoms with E-state index in [0.29, 0.717) is 6.54 Å². The maximum absolute atomic E-state index is 11.7. The average Bonchev–Trinajstić information content (AvgIpc) is 2.67. The summed E-state index contributed by atoms with van der Waals surface area (Å²) in [5, 5.41) is 3.45. The average molecular weight is 392 g/mol. The molecule has 1 N–H and O–H groups in total. The van der Waals surface area contributed by atoms with Crippen LogP contribution < -0.4 is 9.05 Å². The number of hydrogen-bond acceptors (Lipinski definition) is 5. The standard InChI is InChI=1S/C12H11O4P.C6H14N4/c13-17(14,15-11-7-3-1-4-8-11)16-12-9-5-2-6-10-12;1-3-10(4-2)6-5-8-9-7/h1-10H,(H,13,14);3-6H2,1-2H3. The van der Waals surface area contributed by atoms with Gasteiger partial charge in [0.05, 0.1) is 0 Å². The van der Waals surface area contributed by atoms with E-state index in [1.807, 2.05) is 0 Å². The van der Waals surface area contributed by atoms with Gasteiger partial charge in [-0.15, -0.1) is 0 Å². The summed E-state index contributed by atoms with van der Waals surface area (Å²) >= 11 is 0. The van der Waals surface area contributed by atoms with Crippen molar-refractivity contribution in [1.29, 1.82) is 0 Å². The van der Waals surface area contributed by atoms with E-state index in [9.17, 15) is 9.46 Å². The second-order valence-electron chi connectivity index (χ2n) is 5.26. The largest absolute Gasteiger partial charge is 0.584 e. The number of azide groups is 1. The molecule has 0 fully saturated rings. The fraction of sp³-hybridized carbons (Fsp3) is 0.333. The Balaban J connectivity index is 0.000000314. The number of likely N-dealkylation sites (N-methyl/N-ethyl adjacent to an activating group) is 1. The molecule has 9 heteroatoms. The zero-order chi connectivity index (χ0) is 20.0. The molecular weight excluding hydrogens is 367 g/mol. The number of phosphoric ester groups is 1. The molecule has 8 nitrogen and oxygen atoms in total. The monoisotopic (exact) mass is 392 g/mol. The first-order chi connectivity index (χ1) is 13.0. The molecule has 0 aromatic heterocycles. The highest BCUT2D eigenvalue weighted by Gasteiger charge is 2.24. The highest BCUT2D eigenvalue weighted by atomic mass is 31.2. The van der Waals surface area contributed by atoms with Crippen molar-refractivity contribution in [2.45, 2.75) is 13.8 Å². The van der Waals surface area contributed by atoms with Crippen molar-refractivity contribution in [1.82, 2.24) is 4.90 Å². The molecule has 2 aromatic carbocycles. The third-order valence-electron chi connectivity index (χ3n) is 3.40. The second-order valence-corrected chi connectivity index (χ2v) is 6.56. The lowest BCUT2D eigenvalue weighted by Gasteiger charge is -2.15. The van der Waals surface area contributed by atoms with Crippen LogP contribution in [0.25, 0.3) is 10.4 Å². The van der Waals surface area contributed by atoms with E-state index >= 15 is 0 Å². The molecule has 0 aliphatic heterocycles. The van der Waals surface area contributed by atoms with E-state index in [1.165, 1.54) is 0 Å². The first kappa shape index (κ1) is 22.5.